The van der Waals surface area contributed by atoms with Gasteiger partial charge in [0, 0.05) is 35.3 Å². The van der Waals surface area contributed by atoms with Gasteiger partial charge in [0.05, 0.1) is 0 Å². The summed E-state index contributed by atoms with van der Waals surface area (Å²) in [5.74, 6) is 0.172. The Hall–Kier alpha value is -6.48. The summed E-state index contributed by atoms with van der Waals surface area (Å²) < 4.78 is 0. The van der Waals surface area contributed by atoms with Gasteiger partial charge in [-0.05, 0) is 50.5 Å². The first-order valence-electron chi connectivity index (χ1n) is 14.0. The summed E-state index contributed by atoms with van der Waals surface area (Å²) in [6.45, 7) is 0. The molecule has 6 aromatic carbocycles. The van der Waals surface area contributed by atoms with Gasteiger partial charge in [-0.1, -0.05) is 91.0 Å². The Morgan fingerprint density at radius 1 is 0.378 bits per heavy atom. The van der Waals surface area contributed by atoms with Crippen molar-refractivity contribution in [1.29, 1.82) is 0 Å². The number of aromatic nitrogens is 3. The van der Waals surface area contributed by atoms with Crippen molar-refractivity contribution in [2.24, 2.45) is 15.0 Å². The van der Waals surface area contributed by atoms with E-state index in [1.54, 1.807) is 18.2 Å². The third kappa shape index (κ3) is 5.53. The molecule has 7 aromatic rings. The van der Waals surface area contributed by atoms with Crippen molar-refractivity contribution in [3.63, 3.8) is 0 Å². The molecule has 0 aliphatic rings. The molecule has 0 saturated heterocycles. The van der Waals surface area contributed by atoms with Gasteiger partial charge < -0.3 is 15.3 Å². The topological polar surface area (TPSA) is 136 Å². The minimum absolute atomic E-state index is 0.000850. The quantitative estimate of drug-likeness (QED) is 0.170. The summed E-state index contributed by atoms with van der Waals surface area (Å²) in [5, 5.41) is 37.1. The largest absolute Gasteiger partial charge is 0.507 e. The van der Waals surface area contributed by atoms with Crippen molar-refractivity contribution in [3.05, 3.63) is 126 Å². The first-order chi connectivity index (χ1) is 22.0. The highest BCUT2D eigenvalue weighted by atomic mass is 16.3. The Balaban J connectivity index is 1.33. The van der Waals surface area contributed by atoms with Crippen molar-refractivity contribution in [2.75, 3.05) is 0 Å². The second kappa shape index (κ2) is 11.7. The van der Waals surface area contributed by atoms with Gasteiger partial charge in [-0.25, -0.2) is 15.0 Å². The fourth-order valence-electron chi connectivity index (χ4n) is 5.14. The molecule has 3 N–H and O–H groups in total. The number of aliphatic imine (C=N–C) groups is 3. The van der Waals surface area contributed by atoms with Crippen molar-refractivity contribution in [2.45, 2.75) is 0 Å². The van der Waals surface area contributed by atoms with Gasteiger partial charge in [-0.15, -0.1) is 0 Å². The van der Waals surface area contributed by atoms with Gasteiger partial charge in [0.25, 0.3) is 17.8 Å². The zero-order chi connectivity index (χ0) is 30.8. The fourth-order valence-corrected chi connectivity index (χ4v) is 5.14. The number of phenolic OH excluding ortho intramolecular Hbond substituents is 3. The van der Waals surface area contributed by atoms with Crippen LogP contribution in [0.1, 0.15) is 16.7 Å². The van der Waals surface area contributed by atoms with E-state index in [4.69, 9.17) is 0 Å². The molecule has 0 aliphatic heterocycles. The molecular weight excluding hydrogens is 564 g/mol. The van der Waals surface area contributed by atoms with Crippen molar-refractivity contribution < 1.29 is 15.3 Å². The van der Waals surface area contributed by atoms with Gasteiger partial charge >= 0.3 is 0 Å². The molecule has 0 aliphatic carbocycles. The Kier molecular flexibility index (Phi) is 7.09. The minimum Gasteiger partial charge on any atom is -0.507 e. The van der Waals surface area contributed by atoms with Gasteiger partial charge in [0.1, 0.15) is 17.2 Å². The summed E-state index contributed by atoms with van der Waals surface area (Å²) in [4.78, 5) is 26.6. The lowest BCUT2D eigenvalue weighted by atomic mass is 10.0. The number of rotatable bonds is 6. The molecule has 9 heteroatoms. The monoisotopic (exact) mass is 588 g/mol. The van der Waals surface area contributed by atoms with Crippen LogP contribution in [0.4, 0.5) is 17.8 Å². The second-order valence-electron chi connectivity index (χ2n) is 10.2. The second-order valence-corrected chi connectivity index (χ2v) is 10.2. The number of phenols is 3. The molecule has 1 aromatic heterocycles. The van der Waals surface area contributed by atoms with E-state index in [2.05, 4.69) is 29.9 Å². The molecule has 7 rings (SSSR count). The Morgan fingerprint density at radius 2 is 0.667 bits per heavy atom. The highest BCUT2D eigenvalue weighted by molar-refractivity contribution is 6.04. The SMILES string of the molecule is Oc1ccc2ccccc2c1/C=N/c1nc(/N=C/c2c(O)ccc3ccccc23)nc(/N=C/c2c(O)ccc3ccccc23)n1. The molecule has 45 heavy (non-hydrogen) atoms. The molecule has 0 unspecified atom stereocenters. The maximum atomic E-state index is 10.6. The number of benzene rings is 6. The summed E-state index contributed by atoms with van der Waals surface area (Å²) in [5.41, 5.74) is 1.51. The molecule has 0 saturated carbocycles. The van der Waals surface area contributed by atoms with Crippen molar-refractivity contribution in [1.82, 2.24) is 15.0 Å². The lowest BCUT2D eigenvalue weighted by Crippen LogP contribution is -1.92. The molecule has 0 amide bonds. The first kappa shape index (κ1) is 27.4. The fraction of sp³-hybridized carbons (Fsp3) is 0. The van der Waals surface area contributed by atoms with E-state index < -0.39 is 0 Å². The van der Waals surface area contributed by atoms with Gasteiger partial charge in [0.2, 0.25) is 0 Å². The van der Waals surface area contributed by atoms with Crippen LogP contribution in [0.25, 0.3) is 32.3 Å². The normalized spacial score (nSPS) is 12.0. The van der Waals surface area contributed by atoms with Crippen LogP contribution in [0, 0.1) is 0 Å². The molecule has 9 nitrogen and oxygen atoms in total. The number of nitrogens with zero attached hydrogens (tertiary/aromatic N) is 6. The van der Waals surface area contributed by atoms with E-state index in [9.17, 15) is 15.3 Å². The third-order valence-corrected chi connectivity index (χ3v) is 7.37. The molecule has 0 fully saturated rings. The van der Waals surface area contributed by atoms with Crippen LogP contribution in [0.15, 0.2) is 124 Å². The van der Waals surface area contributed by atoms with E-state index in [1.807, 2.05) is 91.0 Å². The average Bonchev–Trinajstić information content (AvgIpc) is 3.07. The van der Waals surface area contributed by atoms with Crippen LogP contribution in [0.3, 0.4) is 0 Å². The molecule has 0 bridgehead atoms. The maximum Gasteiger partial charge on any atom is 0.256 e. The Bertz CT molecular complexity index is 2060. The molecular formula is C36H24N6O3. The average molecular weight is 589 g/mol. The van der Waals surface area contributed by atoms with Crippen LogP contribution >= 0.6 is 0 Å². The van der Waals surface area contributed by atoms with E-state index >= 15 is 0 Å². The molecule has 0 atom stereocenters. The van der Waals surface area contributed by atoms with Crippen LogP contribution in [0.5, 0.6) is 17.2 Å². The highest BCUT2D eigenvalue weighted by Gasteiger charge is 2.10. The zero-order valence-corrected chi connectivity index (χ0v) is 23.6. The smallest absolute Gasteiger partial charge is 0.256 e. The van der Waals surface area contributed by atoms with Crippen LogP contribution in [0.2, 0.25) is 0 Å². The molecule has 1 heterocycles. The van der Waals surface area contributed by atoms with Crippen LogP contribution in [-0.2, 0) is 0 Å². The van der Waals surface area contributed by atoms with Crippen molar-refractivity contribution in [3.8, 4) is 17.2 Å². The number of aromatic hydroxyl groups is 3. The van der Waals surface area contributed by atoms with Crippen LogP contribution < -0.4 is 0 Å². The minimum atomic E-state index is 0.000850. The third-order valence-electron chi connectivity index (χ3n) is 7.37. The standard InChI is InChI=1S/C36H24N6O3/c43-31-16-13-22-7-1-4-10-25(22)28(31)19-37-34-40-35(38-20-29-26-11-5-2-8-23(26)14-17-32(29)44)42-36(41-34)39-21-30-27-12-6-3-9-24(27)15-18-33(30)45/h1-21,43-45H/b37-19+,38-20+,39-21+. The summed E-state index contributed by atoms with van der Waals surface area (Å²) in [7, 11) is 0. The summed E-state index contributed by atoms with van der Waals surface area (Å²) >= 11 is 0. The molecule has 0 radical (unpaired) electrons. The maximum absolute atomic E-state index is 10.6. The Morgan fingerprint density at radius 3 is 0.978 bits per heavy atom. The molecule has 216 valence electrons. The van der Waals surface area contributed by atoms with Gasteiger partial charge in [-0.3, -0.25) is 0 Å². The number of hydrogen-bond acceptors (Lipinski definition) is 9. The first-order valence-corrected chi connectivity index (χ1v) is 14.0. The number of hydrogen-bond donors (Lipinski definition) is 3. The Labute approximate surface area is 256 Å². The zero-order valence-electron chi connectivity index (χ0n) is 23.6. The number of fused-ring (bicyclic) bond motifs is 3. The lowest BCUT2D eigenvalue weighted by Gasteiger charge is -2.06. The molecule has 0 spiro atoms. The summed E-state index contributed by atoms with van der Waals surface area (Å²) in [6, 6.07) is 33.2. The summed E-state index contributed by atoms with van der Waals surface area (Å²) in [6.07, 6.45) is 4.46. The highest BCUT2D eigenvalue weighted by Crippen LogP contribution is 2.29. The van der Waals surface area contributed by atoms with Gasteiger partial charge in [-0.2, -0.15) is 15.0 Å². The van der Waals surface area contributed by atoms with Gasteiger partial charge in [0.15, 0.2) is 0 Å². The predicted molar refractivity (Wildman–Crippen MR) is 178 cm³/mol. The van der Waals surface area contributed by atoms with E-state index in [1.165, 1.54) is 18.6 Å². The van der Waals surface area contributed by atoms with E-state index in [0.717, 1.165) is 32.3 Å². The predicted octanol–water partition coefficient (Wildman–Crippen LogP) is 7.70. The van der Waals surface area contributed by atoms with E-state index in [-0.39, 0.29) is 35.1 Å². The van der Waals surface area contributed by atoms with Crippen LogP contribution in [-0.4, -0.2) is 48.9 Å². The van der Waals surface area contributed by atoms with E-state index in [0.29, 0.717) is 16.7 Å². The lowest BCUT2D eigenvalue weighted by molar-refractivity contribution is 0.475. The van der Waals surface area contributed by atoms with Crippen molar-refractivity contribution >= 4 is 68.8 Å².